The van der Waals surface area contributed by atoms with Gasteiger partial charge in [-0.3, -0.25) is 4.79 Å². The van der Waals surface area contributed by atoms with Crippen molar-refractivity contribution < 1.29 is 19.4 Å². The number of thioether (sulfide) groups is 1. The van der Waals surface area contributed by atoms with Gasteiger partial charge in [0, 0.05) is 17.7 Å². The molecule has 0 atom stereocenters. The van der Waals surface area contributed by atoms with Crippen molar-refractivity contribution in [1.29, 1.82) is 0 Å². The monoisotopic (exact) mass is 497 g/mol. The second-order valence-electron chi connectivity index (χ2n) is 8.73. The summed E-state index contributed by atoms with van der Waals surface area (Å²) in [6, 6.07) is 11.5. The molecule has 0 bridgehead atoms. The van der Waals surface area contributed by atoms with Gasteiger partial charge in [-0.15, -0.1) is 10.2 Å². The Hall–Kier alpha value is -3.53. The van der Waals surface area contributed by atoms with Crippen molar-refractivity contribution in [3.8, 4) is 28.6 Å². The lowest BCUT2D eigenvalue weighted by atomic mass is 9.87. The van der Waals surface area contributed by atoms with Crippen molar-refractivity contribution in [2.75, 3.05) is 20.0 Å². The SMILES string of the molecule is CCn1c(SCC(=O)N/N=C/c2cc(OC)c(O)c(OC)c2)nnc1-c1ccc(C(C)(C)C)cc1. The van der Waals surface area contributed by atoms with Crippen LogP contribution in [0.4, 0.5) is 0 Å². The molecule has 3 rings (SSSR count). The topological polar surface area (TPSA) is 111 Å². The number of benzene rings is 2. The van der Waals surface area contributed by atoms with Crippen LogP contribution in [0.2, 0.25) is 0 Å². The number of nitrogens with zero attached hydrogens (tertiary/aromatic N) is 4. The molecule has 2 aromatic carbocycles. The van der Waals surface area contributed by atoms with Crippen LogP contribution < -0.4 is 14.9 Å². The van der Waals surface area contributed by atoms with Crippen LogP contribution in [-0.2, 0) is 16.8 Å². The van der Waals surface area contributed by atoms with E-state index in [1.807, 2.05) is 11.5 Å². The third-order valence-corrected chi connectivity index (χ3v) is 6.25. The fraction of sp³-hybridized carbons (Fsp3) is 0.360. The minimum Gasteiger partial charge on any atom is -0.502 e. The molecule has 0 aliphatic heterocycles. The summed E-state index contributed by atoms with van der Waals surface area (Å²) in [5.41, 5.74) is 5.40. The Labute approximate surface area is 209 Å². The van der Waals surface area contributed by atoms with E-state index in [4.69, 9.17) is 9.47 Å². The van der Waals surface area contributed by atoms with Crippen molar-refractivity contribution in [3.63, 3.8) is 0 Å². The van der Waals surface area contributed by atoms with E-state index < -0.39 is 0 Å². The van der Waals surface area contributed by atoms with Crippen molar-refractivity contribution >= 4 is 23.9 Å². The molecule has 1 aromatic heterocycles. The Balaban J connectivity index is 1.63. The Morgan fingerprint density at radius 2 is 1.77 bits per heavy atom. The molecule has 1 heterocycles. The van der Waals surface area contributed by atoms with Gasteiger partial charge >= 0.3 is 0 Å². The van der Waals surface area contributed by atoms with Crippen LogP contribution in [0.25, 0.3) is 11.4 Å². The number of hydrazone groups is 1. The molecule has 1 amide bonds. The summed E-state index contributed by atoms with van der Waals surface area (Å²) in [6.45, 7) is 9.23. The number of carbonyl (C=O) groups is 1. The Kier molecular flexibility index (Phi) is 8.39. The Morgan fingerprint density at radius 3 is 2.31 bits per heavy atom. The number of phenols is 1. The first-order chi connectivity index (χ1) is 16.7. The number of hydrogen-bond donors (Lipinski definition) is 2. The lowest BCUT2D eigenvalue weighted by Gasteiger charge is -2.19. The summed E-state index contributed by atoms with van der Waals surface area (Å²) >= 11 is 1.29. The van der Waals surface area contributed by atoms with E-state index in [9.17, 15) is 9.90 Å². The van der Waals surface area contributed by atoms with Crippen LogP contribution in [0.3, 0.4) is 0 Å². The molecule has 0 aliphatic rings. The van der Waals surface area contributed by atoms with Gasteiger partial charge < -0.3 is 19.1 Å². The molecule has 2 N–H and O–H groups in total. The molecule has 0 spiro atoms. The van der Waals surface area contributed by atoms with Gasteiger partial charge in [0.15, 0.2) is 22.5 Å². The highest BCUT2D eigenvalue weighted by atomic mass is 32.2. The highest BCUT2D eigenvalue weighted by molar-refractivity contribution is 7.99. The first-order valence-electron chi connectivity index (χ1n) is 11.1. The van der Waals surface area contributed by atoms with Crippen LogP contribution in [-0.4, -0.2) is 52.0 Å². The number of carbonyl (C=O) groups excluding carboxylic acids is 1. The average Bonchev–Trinajstić information content (AvgIpc) is 3.26. The van der Waals surface area contributed by atoms with Crippen LogP contribution in [0, 0.1) is 0 Å². The van der Waals surface area contributed by atoms with Crippen LogP contribution >= 0.6 is 11.8 Å². The van der Waals surface area contributed by atoms with Gasteiger partial charge in [0.1, 0.15) is 0 Å². The predicted octanol–water partition coefficient (Wildman–Crippen LogP) is 4.23. The number of methoxy groups -OCH3 is 2. The number of ether oxygens (including phenoxy) is 2. The third-order valence-electron chi connectivity index (χ3n) is 5.28. The van der Waals surface area contributed by atoms with Crippen LogP contribution in [0.1, 0.15) is 38.8 Å². The zero-order valence-corrected chi connectivity index (χ0v) is 21.6. The molecule has 0 unspecified atom stereocenters. The van der Waals surface area contributed by atoms with Crippen LogP contribution in [0.15, 0.2) is 46.7 Å². The molecule has 186 valence electrons. The second-order valence-corrected chi connectivity index (χ2v) is 9.68. The molecule has 9 nitrogen and oxygen atoms in total. The molecular formula is C25H31N5O4S. The van der Waals surface area contributed by atoms with Crippen molar-refractivity contribution in [2.24, 2.45) is 5.10 Å². The lowest BCUT2D eigenvalue weighted by Crippen LogP contribution is -2.20. The number of hydrogen-bond acceptors (Lipinski definition) is 8. The third kappa shape index (κ3) is 6.33. The van der Waals surface area contributed by atoms with E-state index in [1.54, 1.807) is 12.1 Å². The Bertz CT molecular complexity index is 1170. The molecule has 0 fully saturated rings. The number of phenolic OH excluding ortho intramolecular Hbond substituents is 1. The quantitative estimate of drug-likeness (QED) is 0.259. The Morgan fingerprint density at radius 1 is 1.14 bits per heavy atom. The minimum atomic E-state index is -0.286. The summed E-state index contributed by atoms with van der Waals surface area (Å²) in [4.78, 5) is 12.3. The maximum Gasteiger partial charge on any atom is 0.250 e. The van der Waals surface area contributed by atoms with E-state index in [-0.39, 0.29) is 34.3 Å². The number of rotatable bonds is 9. The first-order valence-corrected chi connectivity index (χ1v) is 12.1. The van der Waals surface area contributed by atoms with Gasteiger partial charge in [-0.2, -0.15) is 5.10 Å². The van der Waals surface area contributed by atoms with E-state index in [0.717, 1.165) is 11.4 Å². The molecular weight excluding hydrogens is 466 g/mol. The van der Waals surface area contributed by atoms with Crippen molar-refractivity contribution in [1.82, 2.24) is 20.2 Å². The van der Waals surface area contributed by atoms with Crippen LogP contribution in [0.5, 0.6) is 17.2 Å². The van der Waals surface area contributed by atoms with Gasteiger partial charge in [0.2, 0.25) is 5.75 Å². The number of aromatic hydroxyl groups is 1. The standard InChI is InChI=1S/C25H31N5O4S/c1-7-30-23(17-8-10-18(11-9-17)25(2,3)4)28-29-24(30)35-15-21(31)27-26-14-16-12-19(33-5)22(32)20(13-16)34-6/h8-14,32H,7,15H2,1-6H3,(H,27,31)/b26-14+. The molecule has 0 saturated heterocycles. The summed E-state index contributed by atoms with van der Waals surface area (Å²) in [5, 5.41) is 23.3. The molecule has 10 heteroatoms. The number of amides is 1. The molecule has 3 aromatic rings. The van der Waals surface area contributed by atoms with E-state index in [1.165, 1.54) is 37.8 Å². The van der Waals surface area contributed by atoms with Crippen molar-refractivity contribution in [3.05, 3.63) is 47.5 Å². The predicted molar refractivity (Wildman–Crippen MR) is 138 cm³/mol. The average molecular weight is 498 g/mol. The first kappa shape index (κ1) is 26.1. The van der Waals surface area contributed by atoms with E-state index in [0.29, 0.717) is 17.3 Å². The second kappa shape index (κ2) is 11.3. The smallest absolute Gasteiger partial charge is 0.250 e. The summed E-state index contributed by atoms with van der Waals surface area (Å²) in [6.07, 6.45) is 1.45. The van der Waals surface area contributed by atoms with Gasteiger partial charge in [-0.1, -0.05) is 56.8 Å². The van der Waals surface area contributed by atoms with E-state index in [2.05, 4.69) is 65.8 Å². The molecule has 0 radical (unpaired) electrons. The molecule has 0 saturated carbocycles. The van der Waals surface area contributed by atoms with Gasteiger partial charge in [-0.05, 0) is 30.0 Å². The minimum absolute atomic E-state index is 0.0776. The van der Waals surface area contributed by atoms with Gasteiger partial charge in [0.25, 0.3) is 5.91 Å². The maximum absolute atomic E-state index is 12.3. The maximum atomic E-state index is 12.3. The fourth-order valence-electron chi connectivity index (χ4n) is 3.34. The highest BCUT2D eigenvalue weighted by Crippen LogP contribution is 2.36. The van der Waals surface area contributed by atoms with Crippen molar-refractivity contribution in [2.45, 2.75) is 44.8 Å². The zero-order valence-electron chi connectivity index (χ0n) is 20.8. The summed E-state index contributed by atoms with van der Waals surface area (Å²) in [7, 11) is 2.88. The van der Waals surface area contributed by atoms with E-state index >= 15 is 0 Å². The lowest BCUT2D eigenvalue weighted by molar-refractivity contribution is -0.118. The number of aromatic nitrogens is 3. The largest absolute Gasteiger partial charge is 0.502 e. The summed E-state index contributed by atoms with van der Waals surface area (Å²) in [5.74, 6) is 0.999. The molecule has 0 aliphatic carbocycles. The fourth-order valence-corrected chi connectivity index (χ4v) is 4.14. The molecule has 35 heavy (non-hydrogen) atoms. The zero-order chi connectivity index (χ0) is 25.6. The summed E-state index contributed by atoms with van der Waals surface area (Å²) < 4.78 is 12.2. The number of nitrogens with one attached hydrogen (secondary N) is 1. The highest BCUT2D eigenvalue weighted by Gasteiger charge is 2.17. The van der Waals surface area contributed by atoms with Gasteiger partial charge in [0.05, 0.1) is 26.2 Å². The normalized spacial score (nSPS) is 11.6. The van der Waals surface area contributed by atoms with Gasteiger partial charge in [-0.25, -0.2) is 5.43 Å².